The molecule has 0 spiro atoms. The van der Waals surface area contributed by atoms with E-state index < -0.39 is 0 Å². The minimum atomic E-state index is -0.283. The number of benzene rings is 1. The molecule has 0 aliphatic rings. The number of ether oxygens (including phenoxy) is 1. The maximum atomic E-state index is 12.9. The number of thioether (sulfide) groups is 1. The lowest BCUT2D eigenvalue weighted by atomic mass is 10.3. The van der Waals surface area contributed by atoms with Gasteiger partial charge in [0.2, 0.25) is 0 Å². The Morgan fingerprint density at radius 1 is 1.12 bits per heavy atom. The number of hydrogen-bond acceptors (Lipinski definition) is 8. The summed E-state index contributed by atoms with van der Waals surface area (Å²) in [7, 11) is 0. The highest BCUT2D eigenvalue weighted by Crippen LogP contribution is 2.28. The second kappa shape index (κ2) is 7.98. The minimum Gasteiger partial charge on any atom is -0.486 e. The van der Waals surface area contributed by atoms with Gasteiger partial charge in [-0.3, -0.25) is 0 Å². The summed E-state index contributed by atoms with van der Waals surface area (Å²) in [6.45, 7) is 0.351. The van der Waals surface area contributed by atoms with Gasteiger partial charge in [0.15, 0.2) is 0 Å². The molecule has 4 rings (SSSR count). The highest BCUT2D eigenvalue weighted by molar-refractivity contribution is 7.98. The average Bonchev–Trinajstić information content (AvgIpc) is 3.40. The summed E-state index contributed by atoms with van der Waals surface area (Å²) >= 11 is 4.53. The molecule has 4 aromatic rings. The number of hydrogen-bond donors (Lipinski definition) is 0. The van der Waals surface area contributed by atoms with Gasteiger partial charge in [-0.15, -0.1) is 32.9 Å². The lowest BCUT2D eigenvalue weighted by Gasteiger charge is -2.03. The second-order valence-corrected chi connectivity index (χ2v) is 7.93. The van der Waals surface area contributed by atoms with Gasteiger partial charge >= 0.3 is 0 Å². The molecule has 0 aliphatic carbocycles. The maximum absolute atomic E-state index is 12.9. The predicted molar refractivity (Wildman–Crippen MR) is 100 cm³/mol. The van der Waals surface area contributed by atoms with E-state index >= 15 is 0 Å². The van der Waals surface area contributed by atoms with E-state index in [2.05, 4.69) is 15.2 Å². The molecular weight excluding hydrogens is 393 g/mol. The van der Waals surface area contributed by atoms with Crippen LogP contribution in [-0.4, -0.2) is 15.2 Å². The first-order valence-corrected chi connectivity index (χ1v) is 10.3. The fourth-order valence-electron chi connectivity index (χ4n) is 2.06. The van der Waals surface area contributed by atoms with Crippen LogP contribution < -0.4 is 4.74 Å². The number of thiophene rings is 1. The van der Waals surface area contributed by atoms with Crippen LogP contribution in [0.4, 0.5) is 4.39 Å². The van der Waals surface area contributed by atoms with Crippen LogP contribution in [0.25, 0.3) is 10.8 Å². The van der Waals surface area contributed by atoms with Crippen molar-refractivity contribution in [3.63, 3.8) is 0 Å². The zero-order chi connectivity index (χ0) is 17.8. The summed E-state index contributed by atoms with van der Waals surface area (Å²) in [5.74, 6) is 1.51. The average molecular weight is 406 g/mol. The number of thiazole rings is 1. The smallest absolute Gasteiger partial charge is 0.277 e. The lowest BCUT2D eigenvalue weighted by Crippen LogP contribution is -1.95. The van der Waals surface area contributed by atoms with Crippen LogP contribution in [0, 0.1) is 5.82 Å². The summed E-state index contributed by atoms with van der Waals surface area (Å²) in [6, 6.07) is 9.82. The van der Waals surface area contributed by atoms with E-state index in [-0.39, 0.29) is 5.82 Å². The van der Waals surface area contributed by atoms with Gasteiger partial charge in [0.25, 0.3) is 11.1 Å². The molecule has 3 aromatic heterocycles. The van der Waals surface area contributed by atoms with Crippen LogP contribution in [0.2, 0.25) is 0 Å². The van der Waals surface area contributed by atoms with Gasteiger partial charge in [-0.25, -0.2) is 9.37 Å². The quantitative estimate of drug-likeness (QED) is 0.391. The Morgan fingerprint density at radius 3 is 2.81 bits per heavy atom. The summed E-state index contributed by atoms with van der Waals surface area (Å²) in [6.07, 6.45) is 0. The molecule has 0 bridgehead atoms. The first-order valence-electron chi connectivity index (χ1n) is 7.58. The number of aromatic nitrogens is 3. The van der Waals surface area contributed by atoms with Gasteiger partial charge in [0, 0.05) is 11.1 Å². The van der Waals surface area contributed by atoms with Crippen LogP contribution in [0.3, 0.4) is 0 Å². The van der Waals surface area contributed by atoms with E-state index in [0.29, 0.717) is 29.2 Å². The van der Waals surface area contributed by atoms with Crippen LogP contribution in [0.5, 0.6) is 5.75 Å². The SMILES string of the molecule is Fc1ccc(OCc2nc(CSc3nnc(-c4cccs4)o3)cs2)cc1. The summed E-state index contributed by atoms with van der Waals surface area (Å²) in [5.41, 5.74) is 0.925. The molecule has 132 valence electrons. The number of halogens is 1. The maximum Gasteiger partial charge on any atom is 0.277 e. The van der Waals surface area contributed by atoms with Gasteiger partial charge in [-0.2, -0.15) is 0 Å². The minimum absolute atomic E-state index is 0.283. The monoisotopic (exact) mass is 405 g/mol. The molecule has 0 unspecified atom stereocenters. The van der Waals surface area contributed by atoms with E-state index in [0.717, 1.165) is 15.6 Å². The molecule has 26 heavy (non-hydrogen) atoms. The van der Waals surface area contributed by atoms with Gasteiger partial charge in [0.05, 0.1) is 10.6 Å². The highest BCUT2D eigenvalue weighted by atomic mass is 32.2. The van der Waals surface area contributed by atoms with E-state index in [1.165, 1.54) is 35.2 Å². The Balaban J connectivity index is 1.30. The Hall–Kier alpha value is -2.23. The third-order valence-electron chi connectivity index (χ3n) is 3.26. The Morgan fingerprint density at radius 2 is 2.00 bits per heavy atom. The fraction of sp³-hybridized carbons (Fsp3) is 0.118. The van der Waals surface area contributed by atoms with Crippen LogP contribution in [0.1, 0.15) is 10.7 Å². The molecule has 0 N–H and O–H groups in total. The summed E-state index contributed by atoms with van der Waals surface area (Å²) < 4.78 is 24.1. The van der Waals surface area contributed by atoms with Crippen molar-refractivity contribution in [2.45, 2.75) is 17.6 Å². The van der Waals surface area contributed by atoms with Crippen molar-refractivity contribution < 1.29 is 13.5 Å². The Bertz CT molecular complexity index is 967. The van der Waals surface area contributed by atoms with Gasteiger partial charge in [-0.05, 0) is 35.7 Å². The largest absolute Gasteiger partial charge is 0.486 e. The van der Waals surface area contributed by atoms with Gasteiger partial charge in [0.1, 0.15) is 23.2 Å². The van der Waals surface area contributed by atoms with Crippen LogP contribution in [0.15, 0.2) is 56.8 Å². The first-order chi connectivity index (χ1) is 12.8. The van der Waals surface area contributed by atoms with Gasteiger partial charge < -0.3 is 9.15 Å². The van der Waals surface area contributed by atoms with E-state index in [1.807, 2.05) is 22.9 Å². The molecule has 0 fully saturated rings. The second-order valence-electron chi connectivity index (χ2n) is 5.11. The molecule has 3 heterocycles. The van der Waals surface area contributed by atoms with Crippen LogP contribution >= 0.6 is 34.4 Å². The number of rotatable bonds is 7. The van der Waals surface area contributed by atoms with Crippen molar-refractivity contribution in [3.05, 3.63) is 63.7 Å². The predicted octanol–water partition coefficient (Wildman–Crippen LogP) is 5.27. The van der Waals surface area contributed by atoms with Crippen molar-refractivity contribution in [2.75, 3.05) is 0 Å². The van der Waals surface area contributed by atoms with E-state index in [4.69, 9.17) is 9.15 Å². The van der Waals surface area contributed by atoms with Crippen molar-refractivity contribution in [1.82, 2.24) is 15.2 Å². The first kappa shape index (κ1) is 17.2. The molecular formula is C17H12FN3O2S3. The van der Waals surface area contributed by atoms with Crippen molar-refractivity contribution in [1.29, 1.82) is 0 Å². The Kier molecular flexibility index (Phi) is 5.28. The van der Waals surface area contributed by atoms with Crippen molar-refractivity contribution >= 4 is 34.4 Å². The zero-order valence-corrected chi connectivity index (χ0v) is 15.7. The summed E-state index contributed by atoms with van der Waals surface area (Å²) in [5, 5.41) is 13.4. The molecule has 0 saturated heterocycles. The third kappa shape index (κ3) is 4.29. The van der Waals surface area contributed by atoms with Crippen LogP contribution in [-0.2, 0) is 12.4 Å². The normalized spacial score (nSPS) is 11.0. The van der Waals surface area contributed by atoms with Crippen molar-refractivity contribution in [3.8, 4) is 16.5 Å². The third-order valence-corrected chi connectivity index (χ3v) is 5.84. The fourth-order valence-corrected chi connectivity index (χ4v) is 4.17. The molecule has 1 aromatic carbocycles. The highest BCUT2D eigenvalue weighted by Gasteiger charge is 2.11. The standard InChI is InChI=1S/C17H12FN3O2S3/c18-11-3-5-13(6-4-11)22-8-15-19-12(9-25-15)10-26-17-21-20-16(23-17)14-2-1-7-24-14/h1-7,9H,8,10H2. The molecule has 0 radical (unpaired) electrons. The lowest BCUT2D eigenvalue weighted by molar-refractivity contribution is 0.305. The Labute approximate surface area is 160 Å². The topological polar surface area (TPSA) is 61.0 Å². The molecule has 5 nitrogen and oxygen atoms in total. The molecule has 0 saturated carbocycles. The zero-order valence-electron chi connectivity index (χ0n) is 13.3. The molecule has 0 atom stereocenters. The van der Waals surface area contributed by atoms with E-state index in [9.17, 15) is 4.39 Å². The van der Waals surface area contributed by atoms with E-state index in [1.54, 1.807) is 23.5 Å². The molecule has 9 heteroatoms. The number of nitrogens with zero attached hydrogens (tertiary/aromatic N) is 3. The van der Waals surface area contributed by atoms with Crippen molar-refractivity contribution in [2.24, 2.45) is 0 Å². The van der Waals surface area contributed by atoms with Gasteiger partial charge in [-0.1, -0.05) is 17.8 Å². The molecule has 0 aliphatic heterocycles. The molecule has 0 amide bonds. The summed E-state index contributed by atoms with van der Waals surface area (Å²) in [4.78, 5) is 5.48.